The van der Waals surface area contributed by atoms with Crippen LogP contribution < -0.4 is 0 Å². The summed E-state index contributed by atoms with van der Waals surface area (Å²) in [6.45, 7) is 1.01. The number of rotatable bonds is 6. The Bertz CT molecular complexity index is 111. The van der Waals surface area contributed by atoms with Crippen molar-refractivity contribution in [2.24, 2.45) is 0 Å². The molecule has 0 saturated carbocycles. The summed E-state index contributed by atoms with van der Waals surface area (Å²) >= 11 is 3.45. The van der Waals surface area contributed by atoms with Gasteiger partial charge in [0.2, 0.25) is 0 Å². The predicted molar refractivity (Wildman–Crippen MR) is 60.5 cm³/mol. The Balaban J connectivity index is 1.86. The van der Waals surface area contributed by atoms with E-state index in [0.717, 1.165) is 11.9 Å². The predicted octanol–water partition coefficient (Wildman–Crippen LogP) is 3.90. The molecule has 1 unspecified atom stereocenters. The molecule has 1 aliphatic rings. The summed E-state index contributed by atoms with van der Waals surface area (Å²) in [5, 5.41) is 1.16. The summed E-state index contributed by atoms with van der Waals surface area (Å²) in [6.07, 6.45) is 11.3. The van der Waals surface area contributed by atoms with E-state index in [1.165, 1.54) is 51.4 Å². The fourth-order valence-electron chi connectivity index (χ4n) is 1.86. The zero-order valence-electron chi connectivity index (χ0n) is 8.43. The molecule has 13 heavy (non-hydrogen) atoms. The molecule has 1 heterocycles. The maximum absolute atomic E-state index is 5.68. The first kappa shape index (κ1) is 11.5. The number of alkyl halides is 1. The molecule has 0 aromatic carbocycles. The van der Waals surface area contributed by atoms with E-state index in [1.54, 1.807) is 0 Å². The van der Waals surface area contributed by atoms with Gasteiger partial charge in [-0.15, -0.1) is 0 Å². The van der Waals surface area contributed by atoms with Crippen LogP contribution in [-0.4, -0.2) is 18.0 Å². The van der Waals surface area contributed by atoms with E-state index in [2.05, 4.69) is 15.9 Å². The van der Waals surface area contributed by atoms with Gasteiger partial charge in [0.1, 0.15) is 0 Å². The quantitative estimate of drug-likeness (QED) is 0.512. The third-order valence-electron chi connectivity index (χ3n) is 2.68. The van der Waals surface area contributed by atoms with Gasteiger partial charge in [-0.2, -0.15) is 0 Å². The van der Waals surface area contributed by atoms with Crippen molar-refractivity contribution < 1.29 is 4.74 Å². The van der Waals surface area contributed by atoms with Gasteiger partial charge in [-0.3, -0.25) is 0 Å². The van der Waals surface area contributed by atoms with Crippen molar-refractivity contribution >= 4 is 15.9 Å². The summed E-state index contributed by atoms with van der Waals surface area (Å²) < 4.78 is 5.68. The Morgan fingerprint density at radius 3 is 2.62 bits per heavy atom. The van der Waals surface area contributed by atoms with Gasteiger partial charge in [-0.25, -0.2) is 0 Å². The molecule has 1 saturated heterocycles. The van der Waals surface area contributed by atoms with E-state index in [-0.39, 0.29) is 0 Å². The van der Waals surface area contributed by atoms with Gasteiger partial charge in [0.25, 0.3) is 0 Å². The number of ether oxygens (including phenoxy) is 1. The average Bonchev–Trinajstić information content (AvgIpc) is 2.19. The third kappa shape index (κ3) is 5.69. The first-order chi connectivity index (χ1) is 6.43. The molecule has 2 heteroatoms. The molecular weight excluding hydrogens is 228 g/mol. The molecule has 1 nitrogen and oxygen atoms in total. The van der Waals surface area contributed by atoms with Crippen LogP contribution >= 0.6 is 15.9 Å². The van der Waals surface area contributed by atoms with Crippen LogP contribution in [0.15, 0.2) is 0 Å². The Kier molecular flexibility index (Phi) is 6.92. The molecule has 0 amide bonds. The lowest BCUT2D eigenvalue weighted by Gasteiger charge is -2.22. The molecule has 0 aliphatic carbocycles. The summed E-state index contributed by atoms with van der Waals surface area (Å²) in [7, 11) is 0. The van der Waals surface area contributed by atoms with Crippen LogP contribution in [0.4, 0.5) is 0 Å². The van der Waals surface area contributed by atoms with Crippen LogP contribution in [-0.2, 0) is 4.74 Å². The number of hydrogen-bond donors (Lipinski definition) is 0. The molecule has 1 rings (SSSR count). The monoisotopic (exact) mass is 248 g/mol. The summed E-state index contributed by atoms with van der Waals surface area (Å²) in [5.74, 6) is 0. The van der Waals surface area contributed by atoms with Gasteiger partial charge in [0, 0.05) is 11.9 Å². The van der Waals surface area contributed by atoms with Crippen LogP contribution in [0.25, 0.3) is 0 Å². The van der Waals surface area contributed by atoms with Gasteiger partial charge in [0.15, 0.2) is 0 Å². The van der Waals surface area contributed by atoms with Crippen molar-refractivity contribution in [1.29, 1.82) is 0 Å². The van der Waals surface area contributed by atoms with Crippen LogP contribution in [0, 0.1) is 0 Å². The number of unbranched alkanes of at least 4 members (excludes halogenated alkanes) is 3. The van der Waals surface area contributed by atoms with Gasteiger partial charge in [-0.1, -0.05) is 35.2 Å². The molecule has 0 bridgehead atoms. The standard InChI is InChI=1S/C11H21BrO/c12-9-5-2-1-3-7-11-8-4-6-10-13-11/h11H,1-10H2. The lowest BCUT2D eigenvalue weighted by molar-refractivity contribution is 0.00979. The molecule has 1 atom stereocenters. The van der Waals surface area contributed by atoms with Crippen molar-refractivity contribution in [2.75, 3.05) is 11.9 Å². The van der Waals surface area contributed by atoms with Crippen LogP contribution in [0.2, 0.25) is 0 Å². The minimum absolute atomic E-state index is 0.595. The molecule has 0 aromatic heterocycles. The van der Waals surface area contributed by atoms with Crippen molar-refractivity contribution in [3.63, 3.8) is 0 Å². The second-order valence-corrected chi connectivity index (χ2v) is 4.67. The first-order valence-electron chi connectivity index (χ1n) is 5.61. The van der Waals surface area contributed by atoms with E-state index in [1.807, 2.05) is 0 Å². The van der Waals surface area contributed by atoms with Crippen LogP contribution in [0.1, 0.15) is 51.4 Å². The number of halogens is 1. The van der Waals surface area contributed by atoms with Crippen LogP contribution in [0.3, 0.4) is 0 Å². The highest BCUT2D eigenvalue weighted by molar-refractivity contribution is 9.09. The molecule has 1 aliphatic heterocycles. The van der Waals surface area contributed by atoms with E-state index in [0.29, 0.717) is 6.10 Å². The molecule has 0 radical (unpaired) electrons. The van der Waals surface area contributed by atoms with E-state index < -0.39 is 0 Å². The van der Waals surface area contributed by atoms with Gasteiger partial charge in [0.05, 0.1) is 6.10 Å². The van der Waals surface area contributed by atoms with Crippen molar-refractivity contribution in [3.05, 3.63) is 0 Å². The van der Waals surface area contributed by atoms with Gasteiger partial charge < -0.3 is 4.74 Å². The summed E-state index contributed by atoms with van der Waals surface area (Å²) in [6, 6.07) is 0. The van der Waals surface area contributed by atoms with Crippen LogP contribution in [0.5, 0.6) is 0 Å². The van der Waals surface area contributed by atoms with Crippen molar-refractivity contribution in [2.45, 2.75) is 57.5 Å². The Morgan fingerprint density at radius 1 is 1.08 bits per heavy atom. The first-order valence-corrected chi connectivity index (χ1v) is 6.73. The SMILES string of the molecule is BrCCCCCCC1CCCCO1. The van der Waals surface area contributed by atoms with Crippen molar-refractivity contribution in [3.8, 4) is 0 Å². The largest absolute Gasteiger partial charge is 0.378 e. The fraction of sp³-hybridized carbons (Fsp3) is 1.00. The van der Waals surface area contributed by atoms with E-state index >= 15 is 0 Å². The van der Waals surface area contributed by atoms with E-state index in [4.69, 9.17) is 4.74 Å². The maximum Gasteiger partial charge on any atom is 0.0575 e. The van der Waals surface area contributed by atoms with Gasteiger partial charge in [-0.05, 0) is 32.1 Å². The number of hydrogen-bond acceptors (Lipinski definition) is 1. The third-order valence-corrected chi connectivity index (χ3v) is 3.24. The zero-order chi connectivity index (χ0) is 9.36. The highest BCUT2D eigenvalue weighted by Crippen LogP contribution is 2.18. The average molecular weight is 249 g/mol. The minimum atomic E-state index is 0.595. The minimum Gasteiger partial charge on any atom is -0.378 e. The Hall–Kier alpha value is 0.440. The summed E-state index contributed by atoms with van der Waals surface area (Å²) in [5.41, 5.74) is 0. The zero-order valence-corrected chi connectivity index (χ0v) is 10.0. The van der Waals surface area contributed by atoms with Crippen molar-refractivity contribution in [1.82, 2.24) is 0 Å². The fourth-order valence-corrected chi connectivity index (χ4v) is 2.25. The highest BCUT2D eigenvalue weighted by Gasteiger charge is 2.12. The molecule has 0 aromatic rings. The normalized spacial score (nSPS) is 23.3. The lowest BCUT2D eigenvalue weighted by atomic mass is 10.0. The summed E-state index contributed by atoms with van der Waals surface area (Å²) in [4.78, 5) is 0. The second kappa shape index (κ2) is 7.81. The molecular formula is C11H21BrO. The highest BCUT2D eigenvalue weighted by atomic mass is 79.9. The maximum atomic E-state index is 5.68. The molecule has 1 fully saturated rings. The molecule has 0 spiro atoms. The van der Waals surface area contributed by atoms with Gasteiger partial charge >= 0.3 is 0 Å². The lowest BCUT2D eigenvalue weighted by Crippen LogP contribution is -2.18. The Labute approximate surface area is 90.4 Å². The van der Waals surface area contributed by atoms with E-state index in [9.17, 15) is 0 Å². The topological polar surface area (TPSA) is 9.23 Å². The Morgan fingerprint density at radius 2 is 1.92 bits per heavy atom. The smallest absolute Gasteiger partial charge is 0.0575 e. The molecule has 0 N–H and O–H groups in total. The molecule has 78 valence electrons. The second-order valence-electron chi connectivity index (χ2n) is 3.88.